The minimum Gasteiger partial charge on any atom is -0.505 e. The van der Waals surface area contributed by atoms with Crippen molar-refractivity contribution in [3.63, 3.8) is 0 Å². The van der Waals surface area contributed by atoms with Gasteiger partial charge in [-0.05, 0) is 30.2 Å². The molecule has 0 saturated heterocycles. The first-order chi connectivity index (χ1) is 12.8. The van der Waals surface area contributed by atoms with Gasteiger partial charge in [0.2, 0.25) is 0 Å². The molecule has 2 N–H and O–H groups in total. The van der Waals surface area contributed by atoms with Crippen LogP contribution in [-0.4, -0.2) is 15.3 Å². The van der Waals surface area contributed by atoms with Gasteiger partial charge in [0.15, 0.2) is 11.6 Å². The number of H-pyrrole nitrogens is 1. The van der Waals surface area contributed by atoms with Crippen LogP contribution in [0.15, 0.2) is 52.7 Å². The van der Waals surface area contributed by atoms with Gasteiger partial charge in [0.25, 0.3) is 0 Å². The largest absolute Gasteiger partial charge is 0.505 e. The number of nitriles is 1. The summed E-state index contributed by atoms with van der Waals surface area (Å²) in [4.78, 5) is 0. The van der Waals surface area contributed by atoms with Gasteiger partial charge in [-0.2, -0.15) is 10.4 Å². The fourth-order valence-corrected chi connectivity index (χ4v) is 2.83. The molecule has 6 heteroatoms. The fraction of sp³-hybridized carbons (Fsp3) is 0.238. The Labute approximate surface area is 158 Å². The van der Waals surface area contributed by atoms with E-state index in [2.05, 4.69) is 26.5 Å². The van der Waals surface area contributed by atoms with Crippen molar-refractivity contribution in [2.45, 2.75) is 33.1 Å². The van der Waals surface area contributed by atoms with Crippen molar-refractivity contribution in [2.75, 3.05) is 0 Å². The monoisotopic (exact) mass is 359 g/mol. The number of rotatable bonds is 3. The lowest BCUT2D eigenvalue weighted by atomic mass is 9.90. The number of hydrogen-bond acceptors (Lipinski definition) is 5. The normalized spacial score (nSPS) is 11.7. The molecule has 136 valence electrons. The number of phenolic OH excluding ortho intramolecular Hbond substituents is 1. The molecule has 3 aromatic rings. The maximum absolute atomic E-state index is 10.7. The van der Waals surface area contributed by atoms with Crippen LogP contribution in [0.25, 0.3) is 11.1 Å². The lowest BCUT2D eigenvalue weighted by molar-refractivity contribution is 0.478. The van der Waals surface area contributed by atoms with Crippen LogP contribution in [0.2, 0.25) is 0 Å². The number of aromatic hydroxyl groups is 1. The summed E-state index contributed by atoms with van der Waals surface area (Å²) in [5.74, 6) is 0.328. The molecule has 0 bridgehead atoms. The zero-order valence-electron chi connectivity index (χ0n) is 15.8. The average Bonchev–Trinajstić information content (AvgIpc) is 3.06. The second-order valence-corrected chi connectivity index (χ2v) is 7.40. The number of phenols is 1. The summed E-state index contributed by atoms with van der Waals surface area (Å²) < 4.78 is 0. The summed E-state index contributed by atoms with van der Waals surface area (Å²) in [6.45, 7) is 7.86. The Hall–Kier alpha value is -3.46. The molecular formula is C21H21N5O. The number of nitrogens with zero attached hydrogens (tertiary/aromatic N) is 4. The van der Waals surface area contributed by atoms with Crippen molar-refractivity contribution >= 4 is 11.5 Å². The first kappa shape index (κ1) is 18.3. The minimum atomic E-state index is -0.290. The molecule has 3 rings (SSSR count). The summed E-state index contributed by atoms with van der Waals surface area (Å²) in [5, 5.41) is 35.4. The Bertz CT molecular complexity index is 1040. The van der Waals surface area contributed by atoms with Gasteiger partial charge in [-0.15, -0.1) is 10.2 Å². The topological polar surface area (TPSA) is 97.4 Å². The van der Waals surface area contributed by atoms with E-state index < -0.39 is 0 Å². The molecule has 0 aliphatic carbocycles. The summed E-state index contributed by atoms with van der Waals surface area (Å²) >= 11 is 0. The van der Waals surface area contributed by atoms with E-state index in [0.29, 0.717) is 22.5 Å². The molecular weight excluding hydrogens is 338 g/mol. The molecule has 0 aliphatic rings. The maximum atomic E-state index is 10.7. The first-order valence-corrected chi connectivity index (χ1v) is 8.61. The van der Waals surface area contributed by atoms with Crippen LogP contribution in [0, 0.1) is 18.3 Å². The lowest BCUT2D eigenvalue weighted by Gasteiger charge is -2.14. The standard InChI is InChI=1S/C21H21N5O/c1-13-10-15(14-8-6-5-7-9-14)18(27)17(11-13)23-25-20-16(12-22)19(24-26-20)21(2,3)4/h5-11,27H,1-4H3,(H,24,26)/b25-23+. The summed E-state index contributed by atoms with van der Waals surface area (Å²) in [5.41, 5.74) is 3.57. The van der Waals surface area contributed by atoms with Crippen molar-refractivity contribution in [3.05, 3.63) is 59.3 Å². The van der Waals surface area contributed by atoms with E-state index in [1.807, 2.05) is 64.1 Å². The molecule has 27 heavy (non-hydrogen) atoms. The second kappa shape index (κ2) is 7.04. The molecule has 1 heterocycles. The predicted molar refractivity (Wildman–Crippen MR) is 104 cm³/mol. The molecule has 6 nitrogen and oxygen atoms in total. The van der Waals surface area contributed by atoms with Gasteiger partial charge in [-0.25, -0.2) is 0 Å². The zero-order valence-corrected chi connectivity index (χ0v) is 15.8. The number of aromatic nitrogens is 2. The van der Waals surface area contributed by atoms with Gasteiger partial charge in [0.05, 0.1) is 5.69 Å². The summed E-state index contributed by atoms with van der Waals surface area (Å²) in [6, 6.07) is 15.4. The Morgan fingerprint density at radius 1 is 1.11 bits per heavy atom. The van der Waals surface area contributed by atoms with E-state index in [9.17, 15) is 10.4 Å². The van der Waals surface area contributed by atoms with Gasteiger partial charge in [0, 0.05) is 11.0 Å². The zero-order chi connectivity index (χ0) is 19.6. The number of aromatic amines is 1. The lowest BCUT2D eigenvalue weighted by Crippen LogP contribution is -2.13. The van der Waals surface area contributed by atoms with Crippen molar-refractivity contribution in [3.8, 4) is 22.9 Å². The Morgan fingerprint density at radius 2 is 1.81 bits per heavy atom. The fourth-order valence-electron chi connectivity index (χ4n) is 2.83. The molecule has 0 amide bonds. The molecule has 0 unspecified atom stereocenters. The number of benzene rings is 2. The number of hydrogen-bond donors (Lipinski definition) is 2. The van der Waals surface area contributed by atoms with E-state index >= 15 is 0 Å². The summed E-state index contributed by atoms with van der Waals surface area (Å²) in [6.07, 6.45) is 0. The van der Waals surface area contributed by atoms with Crippen LogP contribution in [0.3, 0.4) is 0 Å². The number of aryl methyl sites for hydroxylation is 1. The van der Waals surface area contributed by atoms with Crippen LogP contribution < -0.4 is 0 Å². The highest BCUT2D eigenvalue weighted by Crippen LogP contribution is 2.39. The number of azo groups is 1. The molecule has 0 aliphatic heterocycles. The third kappa shape index (κ3) is 3.72. The van der Waals surface area contributed by atoms with Gasteiger partial charge in [0.1, 0.15) is 17.3 Å². The van der Waals surface area contributed by atoms with E-state index in [0.717, 1.165) is 11.1 Å². The van der Waals surface area contributed by atoms with Crippen molar-refractivity contribution < 1.29 is 5.11 Å². The smallest absolute Gasteiger partial charge is 0.188 e. The van der Waals surface area contributed by atoms with E-state index in [1.165, 1.54) is 0 Å². The predicted octanol–water partition coefficient (Wildman–Crippen LogP) is 5.68. The average molecular weight is 359 g/mol. The van der Waals surface area contributed by atoms with Crippen LogP contribution >= 0.6 is 0 Å². The van der Waals surface area contributed by atoms with Crippen molar-refractivity contribution in [1.82, 2.24) is 10.2 Å². The second-order valence-electron chi connectivity index (χ2n) is 7.40. The van der Waals surface area contributed by atoms with Gasteiger partial charge < -0.3 is 5.11 Å². The Morgan fingerprint density at radius 3 is 2.44 bits per heavy atom. The number of nitrogens with one attached hydrogen (secondary N) is 1. The molecule has 0 fully saturated rings. The molecule has 0 saturated carbocycles. The molecule has 0 spiro atoms. The van der Waals surface area contributed by atoms with Crippen molar-refractivity contribution in [2.24, 2.45) is 10.2 Å². The molecule has 1 aromatic heterocycles. The van der Waals surface area contributed by atoms with Gasteiger partial charge in [-0.3, -0.25) is 5.10 Å². The highest BCUT2D eigenvalue weighted by Gasteiger charge is 2.24. The molecule has 2 aromatic carbocycles. The molecule has 0 atom stereocenters. The van der Waals surface area contributed by atoms with Crippen molar-refractivity contribution in [1.29, 1.82) is 5.26 Å². The van der Waals surface area contributed by atoms with Gasteiger partial charge >= 0.3 is 0 Å². The Kier molecular flexibility index (Phi) is 4.78. The Balaban J connectivity index is 2.04. The third-order valence-corrected chi connectivity index (χ3v) is 4.15. The van der Waals surface area contributed by atoms with Crippen LogP contribution in [0.4, 0.5) is 11.5 Å². The molecule has 0 radical (unpaired) electrons. The van der Waals surface area contributed by atoms with Gasteiger partial charge in [-0.1, -0.05) is 51.1 Å². The SMILES string of the molecule is Cc1cc(/N=N/c2[nH]nc(C(C)(C)C)c2C#N)c(O)c(-c2ccccc2)c1. The minimum absolute atomic E-state index is 0.0459. The quantitative estimate of drug-likeness (QED) is 0.589. The summed E-state index contributed by atoms with van der Waals surface area (Å²) in [7, 11) is 0. The van der Waals surface area contributed by atoms with E-state index in [1.54, 1.807) is 6.07 Å². The van der Waals surface area contributed by atoms with Crippen LogP contribution in [0.5, 0.6) is 5.75 Å². The highest BCUT2D eigenvalue weighted by atomic mass is 16.3. The first-order valence-electron chi connectivity index (χ1n) is 8.61. The highest BCUT2D eigenvalue weighted by molar-refractivity contribution is 5.77. The van der Waals surface area contributed by atoms with E-state index in [4.69, 9.17) is 0 Å². The van der Waals surface area contributed by atoms with E-state index in [-0.39, 0.29) is 17.0 Å². The maximum Gasteiger partial charge on any atom is 0.188 e. The van der Waals surface area contributed by atoms with Crippen LogP contribution in [0.1, 0.15) is 37.6 Å². The third-order valence-electron chi connectivity index (χ3n) is 4.15. The van der Waals surface area contributed by atoms with Crippen LogP contribution in [-0.2, 0) is 5.41 Å².